The largest absolute Gasteiger partial charge is 0.331 e. The number of nitrogens with zero attached hydrogens (tertiary/aromatic N) is 2. The second-order valence-corrected chi connectivity index (χ2v) is 10.4. The van der Waals surface area contributed by atoms with Gasteiger partial charge in [0.2, 0.25) is 10.0 Å². The highest BCUT2D eigenvalue weighted by atomic mass is 32.2. The summed E-state index contributed by atoms with van der Waals surface area (Å²) in [4.78, 5) is 0.206. The molecule has 2 atom stereocenters. The Hall–Kier alpha value is -1.77. The zero-order chi connectivity index (χ0) is 19.8. The van der Waals surface area contributed by atoms with Crippen LogP contribution >= 0.6 is 12.2 Å². The van der Waals surface area contributed by atoms with Gasteiger partial charge in [0.15, 0.2) is 5.11 Å². The summed E-state index contributed by atoms with van der Waals surface area (Å²) in [6, 6.07) is 6.53. The predicted molar refractivity (Wildman–Crippen MR) is 113 cm³/mol. The molecule has 2 N–H and O–H groups in total. The van der Waals surface area contributed by atoms with E-state index >= 15 is 0 Å². The molecule has 1 aromatic rings. The summed E-state index contributed by atoms with van der Waals surface area (Å²) in [5, 5.41) is 7.54. The average Bonchev–Trinajstić information content (AvgIpc) is 2.61. The first-order valence-corrected chi connectivity index (χ1v) is 10.8. The van der Waals surface area contributed by atoms with Crippen molar-refractivity contribution in [2.45, 2.75) is 31.6 Å². The number of sulfonamides is 1. The zero-order valence-electron chi connectivity index (χ0n) is 16.1. The molecule has 6 nitrogen and oxygen atoms in total. The van der Waals surface area contributed by atoms with Gasteiger partial charge in [-0.3, -0.25) is 5.43 Å². The van der Waals surface area contributed by atoms with Crippen LogP contribution in [0.25, 0.3) is 0 Å². The summed E-state index contributed by atoms with van der Waals surface area (Å²) in [7, 11) is -0.483. The van der Waals surface area contributed by atoms with Crippen LogP contribution in [0.2, 0.25) is 0 Å². The van der Waals surface area contributed by atoms with E-state index in [4.69, 9.17) is 12.2 Å². The average molecular weight is 407 g/mol. The van der Waals surface area contributed by atoms with Crippen LogP contribution in [0, 0.1) is 17.3 Å². The topological polar surface area (TPSA) is 73.8 Å². The SMILES string of the molecule is CN(C)S(=O)(=O)c1cccc(NC(=S)NN=CC2=CCC3CC2C3(C)C)c1. The van der Waals surface area contributed by atoms with Crippen molar-refractivity contribution in [2.24, 2.45) is 22.4 Å². The van der Waals surface area contributed by atoms with E-state index in [1.165, 1.54) is 30.4 Å². The Labute approximate surface area is 166 Å². The maximum atomic E-state index is 12.2. The van der Waals surface area contributed by atoms with Crippen LogP contribution in [0.4, 0.5) is 5.69 Å². The Morgan fingerprint density at radius 3 is 2.74 bits per heavy atom. The number of nitrogens with one attached hydrogen (secondary N) is 2. The number of hydrogen-bond donors (Lipinski definition) is 2. The molecule has 0 spiro atoms. The maximum Gasteiger partial charge on any atom is 0.242 e. The van der Waals surface area contributed by atoms with Gasteiger partial charge >= 0.3 is 0 Å². The van der Waals surface area contributed by atoms with Crippen molar-refractivity contribution in [1.29, 1.82) is 0 Å². The predicted octanol–water partition coefficient (Wildman–Crippen LogP) is 3.20. The molecule has 1 aromatic carbocycles. The summed E-state index contributed by atoms with van der Waals surface area (Å²) in [5.41, 5.74) is 5.02. The van der Waals surface area contributed by atoms with Crippen molar-refractivity contribution < 1.29 is 8.42 Å². The fourth-order valence-corrected chi connectivity index (χ4v) is 4.93. The second-order valence-electron chi connectivity index (χ2n) is 7.89. The third kappa shape index (κ3) is 3.93. The van der Waals surface area contributed by atoms with Crippen molar-refractivity contribution in [3.05, 3.63) is 35.9 Å². The first kappa shape index (κ1) is 20.0. The van der Waals surface area contributed by atoms with Gasteiger partial charge in [-0.1, -0.05) is 26.0 Å². The molecule has 4 rings (SSSR count). The lowest BCUT2D eigenvalue weighted by Gasteiger charge is -2.55. The van der Waals surface area contributed by atoms with Crippen LogP contribution < -0.4 is 10.7 Å². The normalized spacial score (nSPS) is 23.7. The van der Waals surface area contributed by atoms with Crippen LogP contribution in [-0.4, -0.2) is 38.1 Å². The van der Waals surface area contributed by atoms with Gasteiger partial charge in [0.05, 0.1) is 11.1 Å². The third-order valence-electron chi connectivity index (χ3n) is 5.76. The van der Waals surface area contributed by atoms with Gasteiger partial charge in [-0.15, -0.1) is 0 Å². The number of thiocarbonyl (C=S) groups is 1. The van der Waals surface area contributed by atoms with Crippen molar-refractivity contribution >= 4 is 39.3 Å². The fraction of sp³-hybridized carbons (Fsp3) is 0.474. The van der Waals surface area contributed by atoms with E-state index < -0.39 is 10.0 Å². The molecule has 1 fully saturated rings. The maximum absolute atomic E-state index is 12.2. The number of allylic oxidation sites excluding steroid dienone is 2. The van der Waals surface area contributed by atoms with Gasteiger partial charge in [-0.25, -0.2) is 12.7 Å². The Balaban J connectivity index is 1.60. The lowest BCUT2D eigenvalue weighted by Crippen LogP contribution is -2.48. The summed E-state index contributed by atoms with van der Waals surface area (Å²) in [6.07, 6.45) is 6.46. The van der Waals surface area contributed by atoms with Gasteiger partial charge in [0.25, 0.3) is 0 Å². The van der Waals surface area contributed by atoms with Gasteiger partial charge < -0.3 is 5.32 Å². The number of hydrogen-bond acceptors (Lipinski definition) is 4. The van der Waals surface area contributed by atoms with Gasteiger partial charge in [0.1, 0.15) is 0 Å². The van der Waals surface area contributed by atoms with Crippen LogP contribution in [0.3, 0.4) is 0 Å². The van der Waals surface area contributed by atoms with Gasteiger partial charge in [0, 0.05) is 19.8 Å². The quantitative estimate of drug-likeness (QED) is 0.446. The number of anilines is 1. The molecule has 0 heterocycles. The molecule has 0 aliphatic heterocycles. The minimum Gasteiger partial charge on any atom is -0.331 e. The monoisotopic (exact) mass is 406 g/mol. The van der Waals surface area contributed by atoms with E-state index in [1.54, 1.807) is 24.3 Å². The van der Waals surface area contributed by atoms with E-state index in [9.17, 15) is 8.42 Å². The summed E-state index contributed by atoms with van der Waals surface area (Å²) in [5.74, 6) is 1.36. The first-order valence-electron chi connectivity index (χ1n) is 8.95. The molecule has 3 aliphatic carbocycles. The smallest absolute Gasteiger partial charge is 0.242 e. The minimum atomic E-state index is -3.49. The summed E-state index contributed by atoms with van der Waals surface area (Å²) < 4.78 is 25.6. The number of benzene rings is 1. The van der Waals surface area contributed by atoms with E-state index in [1.807, 2.05) is 6.21 Å². The molecule has 27 heavy (non-hydrogen) atoms. The molecule has 0 amide bonds. The van der Waals surface area contributed by atoms with Gasteiger partial charge in [-0.05, 0) is 66.1 Å². The third-order valence-corrected chi connectivity index (χ3v) is 7.77. The summed E-state index contributed by atoms with van der Waals surface area (Å²) >= 11 is 5.26. The van der Waals surface area contributed by atoms with Crippen LogP contribution in [0.5, 0.6) is 0 Å². The highest BCUT2D eigenvalue weighted by Gasteiger charge is 2.50. The van der Waals surface area contributed by atoms with Crippen LogP contribution in [0.1, 0.15) is 26.7 Å². The standard InChI is InChI=1S/C19H26N4O2S2/c1-19(2)14-9-8-13(17(19)10-14)12-20-22-18(26)21-15-6-5-7-16(11-15)27(24,25)23(3)4/h5-8,11-12,14,17H,9-10H2,1-4H3,(H2,21,22,26). The number of fused-ring (bicyclic) bond motifs is 1. The molecular formula is C19H26N4O2S2. The molecule has 146 valence electrons. The van der Waals surface area contributed by atoms with Crippen molar-refractivity contribution in [1.82, 2.24) is 9.73 Å². The van der Waals surface area contributed by atoms with Crippen LogP contribution in [0.15, 0.2) is 45.9 Å². The molecule has 0 saturated heterocycles. The molecule has 0 radical (unpaired) electrons. The lowest BCUT2D eigenvalue weighted by atomic mass is 9.49. The molecule has 3 aliphatic rings. The Kier molecular flexibility index (Phi) is 5.42. The second kappa shape index (κ2) is 7.33. The Morgan fingerprint density at radius 1 is 1.37 bits per heavy atom. The van der Waals surface area contributed by atoms with E-state index in [0.29, 0.717) is 22.1 Å². The minimum absolute atomic E-state index is 0.206. The molecular weight excluding hydrogens is 380 g/mol. The fourth-order valence-electron chi connectivity index (χ4n) is 3.81. The van der Waals surface area contributed by atoms with E-state index in [-0.39, 0.29) is 4.90 Å². The lowest BCUT2D eigenvalue weighted by molar-refractivity contribution is -0.00126. The summed E-state index contributed by atoms with van der Waals surface area (Å²) in [6.45, 7) is 4.64. The van der Waals surface area contributed by atoms with Crippen molar-refractivity contribution in [2.75, 3.05) is 19.4 Å². The highest BCUT2D eigenvalue weighted by molar-refractivity contribution is 7.89. The van der Waals surface area contributed by atoms with E-state index in [0.717, 1.165) is 12.3 Å². The molecule has 8 heteroatoms. The Bertz CT molecular complexity index is 904. The number of rotatable bonds is 5. The van der Waals surface area contributed by atoms with Crippen molar-refractivity contribution in [3.8, 4) is 0 Å². The van der Waals surface area contributed by atoms with E-state index in [2.05, 4.69) is 35.8 Å². The molecule has 2 unspecified atom stereocenters. The number of hydrazone groups is 1. The molecule has 0 aromatic heterocycles. The van der Waals surface area contributed by atoms with Crippen molar-refractivity contribution in [3.63, 3.8) is 0 Å². The Morgan fingerprint density at radius 2 is 2.11 bits per heavy atom. The highest BCUT2D eigenvalue weighted by Crippen LogP contribution is 2.58. The van der Waals surface area contributed by atoms with Crippen LogP contribution in [-0.2, 0) is 10.0 Å². The zero-order valence-corrected chi connectivity index (χ0v) is 17.7. The first-order chi connectivity index (χ1) is 12.6. The molecule has 2 bridgehead atoms. The molecule has 1 saturated carbocycles. The van der Waals surface area contributed by atoms with Gasteiger partial charge in [-0.2, -0.15) is 5.10 Å².